The smallest absolute Gasteiger partial charge is 0.161 e. The zero-order chi connectivity index (χ0) is 14.9. The molecule has 2 aliphatic rings. The van der Waals surface area contributed by atoms with Gasteiger partial charge in [0.15, 0.2) is 11.5 Å². The van der Waals surface area contributed by atoms with Crippen molar-refractivity contribution in [1.29, 1.82) is 5.26 Å². The zero-order valence-corrected chi connectivity index (χ0v) is 12.3. The van der Waals surface area contributed by atoms with Crippen LogP contribution in [0.4, 0.5) is 0 Å². The van der Waals surface area contributed by atoms with Crippen molar-refractivity contribution in [2.45, 2.75) is 38.7 Å². The molecule has 3 unspecified atom stereocenters. The number of rotatable bonds is 2. The van der Waals surface area contributed by atoms with E-state index in [9.17, 15) is 10.4 Å². The second-order valence-corrected chi connectivity index (χ2v) is 6.28. The monoisotopic (exact) mass is 287 g/mol. The van der Waals surface area contributed by atoms with Crippen LogP contribution in [0.5, 0.6) is 11.5 Å². The summed E-state index contributed by atoms with van der Waals surface area (Å²) in [5.41, 5.74) is 0.0779. The Bertz CT molecular complexity index is 566. The topological polar surface area (TPSA) is 62.5 Å². The molecule has 0 aromatic heterocycles. The molecule has 4 nitrogen and oxygen atoms in total. The molecule has 112 valence electrons. The van der Waals surface area contributed by atoms with Crippen LogP contribution in [0, 0.1) is 22.7 Å². The van der Waals surface area contributed by atoms with E-state index >= 15 is 0 Å². The molecule has 4 heteroatoms. The number of ether oxygens (including phenoxy) is 2. The average molecular weight is 287 g/mol. The molecule has 21 heavy (non-hydrogen) atoms. The van der Waals surface area contributed by atoms with E-state index in [1.54, 1.807) is 0 Å². The van der Waals surface area contributed by atoms with Crippen LogP contribution in [-0.4, -0.2) is 18.3 Å². The van der Waals surface area contributed by atoms with E-state index < -0.39 is 11.5 Å². The van der Waals surface area contributed by atoms with E-state index in [1.165, 1.54) is 0 Å². The van der Waals surface area contributed by atoms with Crippen LogP contribution >= 0.6 is 0 Å². The molecule has 1 aromatic rings. The molecule has 1 aliphatic heterocycles. The van der Waals surface area contributed by atoms with Gasteiger partial charge in [0.2, 0.25) is 0 Å². The van der Waals surface area contributed by atoms with Crippen molar-refractivity contribution in [3.63, 3.8) is 0 Å². The average Bonchev–Trinajstić information content (AvgIpc) is 2.74. The summed E-state index contributed by atoms with van der Waals surface area (Å²) in [5.74, 6) is 1.87. The summed E-state index contributed by atoms with van der Waals surface area (Å²) >= 11 is 0. The van der Waals surface area contributed by atoms with Gasteiger partial charge in [-0.2, -0.15) is 5.26 Å². The van der Waals surface area contributed by atoms with E-state index in [2.05, 4.69) is 13.0 Å². The maximum atomic E-state index is 10.7. The lowest BCUT2D eigenvalue weighted by atomic mass is 9.78. The quantitative estimate of drug-likeness (QED) is 0.907. The van der Waals surface area contributed by atoms with Crippen LogP contribution in [0.3, 0.4) is 0 Å². The molecule has 3 rings (SSSR count). The third kappa shape index (κ3) is 2.58. The standard InChI is InChI=1S/C17H21NO3/c1-12-5-6-17(10-12,11-18)16(19)13-3-4-14-15(9-13)21-8-2-7-20-14/h3-4,9,12,16,19H,2,5-8,10H2,1H3. The highest BCUT2D eigenvalue weighted by molar-refractivity contribution is 5.44. The number of benzene rings is 1. The Kier molecular flexibility index (Phi) is 3.77. The fraction of sp³-hybridized carbons (Fsp3) is 0.588. The molecule has 1 aromatic carbocycles. The summed E-state index contributed by atoms with van der Waals surface area (Å²) in [4.78, 5) is 0. The van der Waals surface area contributed by atoms with E-state index in [-0.39, 0.29) is 0 Å². The van der Waals surface area contributed by atoms with E-state index in [4.69, 9.17) is 9.47 Å². The molecule has 1 fully saturated rings. The molecular weight excluding hydrogens is 266 g/mol. The van der Waals surface area contributed by atoms with Crippen LogP contribution in [0.15, 0.2) is 18.2 Å². The van der Waals surface area contributed by atoms with Gasteiger partial charge in [-0.25, -0.2) is 0 Å². The van der Waals surface area contributed by atoms with Gasteiger partial charge in [0.05, 0.1) is 30.8 Å². The van der Waals surface area contributed by atoms with Crippen molar-refractivity contribution in [2.24, 2.45) is 11.3 Å². The first kappa shape index (κ1) is 14.2. The van der Waals surface area contributed by atoms with Crippen LogP contribution in [0.2, 0.25) is 0 Å². The van der Waals surface area contributed by atoms with Crippen molar-refractivity contribution < 1.29 is 14.6 Å². The van der Waals surface area contributed by atoms with Crippen molar-refractivity contribution in [3.8, 4) is 17.6 Å². The number of fused-ring (bicyclic) bond motifs is 1. The van der Waals surface area contributed by atoms with E-state index in [0.717, 1.165) is 31.2 Å². The van der Waals surface area contributed by atoms with Gasteiger partial charge in [-0.3, -0.25) is 0 Å². The van der Waals surface area contributed by atoms with Gasteiger partial charge >= 0.3 is 0 Å². The maximum Gasteiger partial charge on any atom is 0.161 e. The van der Waals surface area contributed by atoms with Crippen LogP contribution in [-0.2, 0) is 0 Å². The van der Waals surface area contributed by atoms with Crippen LogP contribution < -0.4 is 9.47 Å². The lowest BCUT2D eigenvalue weighted by molar-refractivity contribution is 0.0644. The van der Waals surface area contributed by atoms with Gasteiger partial charge in [-0.05, 0) is 42.9 Å². The number of aliphatic hydroxyl groups is 1. The number of hydrogen-bond acceptors (Lipinski definition) is 4. The second-order valence-electron chi connectivity index (χ2n) is 6.28. The van der Waals surface area contributed by atoms with Gasteiger partial charge in [-0.1, -0.05) is 13.0 Å². The normalized spacial score (nSPS) is 29.5. The van der Waals surface area contributed by atoms with Crippen molar-refractivity contribution in [3.05, 3.63) is 23.8 Å². The third-order valence-electron chi connectivity index (χ3n) is 4.63. The maximum absolute atomic E-state index is 10.7. The first-order valence-electron chi connectivity index (χ1n) is 7.63. The second kappa shape index (κ2) is 5.57. The molecule has 0 amide bonds. The minimum absolute atomic E-state index is 0.486. The SMILES string of the molecule is CC1CCC(C#N)(C(O)c2ccc3c(c2)OCCCO3)C1. The molecule has 1 saturated carbocycles. The molecular formula is C17H21NO3. The molecule has 3 atom stereocenters. The van der Waals surface area contributed by atoms with Crippen LogP contribution in [0.25, 0.3) is 0 Å². The fourth-order valence-corrected chi connectivity index (χ4v) is 3.41. The summed E-state index contributed by atoms with van der Waals surface area (Å²) in [6.07, 6.45) is 2.57. The minimum Gasteiger partial charge on any atom is -0.490 e. The van der Waals surface area contributed by atoms with Gasteiger partial charge in [0, 0.05) is 6.42 Å². The molecule has 0 radical (unpaired) electrons. The first-order chi connectivity index (χ1) is 10.1. The Labute approximate surface area is 125 Å². The Morgan fingerprint density at radius 3 is 2.76 bits per heavy atom. The molecule has 1 N–H and O–H groups in total. The number of nitrogens with zero attached hydrogens (tertiary/aromatic N) is 1. The molecule has 0 bridgehead atoms. The Hall–Kier alpha value is -1.73. The Morgan fingerprint density at radius 2 is 2.10 bits per heavy atom. The van der Waals surface area contributed by atoms with Crippen LogP contribution in [0.1, 0.15) is 44.3 Å². The Balaban J connectivity index is 1.90. The fourth-order valence-electron chi connectivity index (χ4n) is 3.41. The molecule has 1 heterocycles. The zero-order valence-electron chi connectivity index (χ0n) is 12.3. The third-order valence-corrected chi connectivity index (χ3v) is 4.63. The predicted octanol–water partition coefficient (Wildman–Crippen LogP) is 3.21. The lowest BCUT2D eigenvalue weighted by Crippen LogP contribution is -2.24. The number of aliphatic hydroxyl groups excluding tert-OH is 1. The van der Waals surface area contributed by atoms with Crippen molar-refractivity contribution in [1.82, 2.24) is 0 Å². The highest BCUT2D eigenvalue weighted by Crippen LogP contribution is 2.50. The lowest BCUT2D eigenvalue weighted by Gasteiger charge is -2.28. The summed E-state index contributed by atoms with van der Waals surface area (Å²) in [6.45, 7) is 3.40. The summed E-state index contributed by atoms with van der Waals surface area (Å²) < 4.78 is 11.3. The van der Waals surface area contributed by atoms with Gasteiger partial charge in [0.1, 0.15) is 0 Å². The number of hydrogen-bond donors (Lipinski definition) is 1. The van der Waals surface area contributed by atoms with Gasteiger partial charge in [-0.15, -0.1) is 0 Å². The highest BCUT2D eigenvalue weighted by atomic mass is 16.5. The van der Waals surface area contributed by atoms with Gasteiger partial charge in [0.25, 0.3) is 0 Å². The first-order valence-corrected chi connectivity index (χ1v) is 7.63. The molecule has 0 saturated heterocycles. The van der Waals surface area contributed by atoms with Gasteiger partial charge < -0.3 is 14.6 Å². The molecule has 0 spiro atoms. The van der Waals surface area contributed by atoms with Crippen molar-refractivity contribution >= 4 is 0 Å². The predicted molar refractivity (Wildman–Crippen MR) is 78.1 cm³/mol. The summed E-state index contributed by atoms with van der Waals surface area (Å²) in [7, 11) is 0. The number of nitriles is 1. The van der Waals surface area contributed by atoms with E-state index in [1.807, 2.05) is 18.2 Å². The minimum atomic E-state index is -0.774. The Morgan fingerprint density at radius 1 is 1.33 bits per heavy atom. The summed E-state index contributed by atoms with van der Waals surface area (Å²) in [5, 5.41) is 20.3. The van der Waals surface area contributed by atoms with Crippen molar-refractivity contribution in [2.75, 3.05) is 13.2 Å². The highest BCUT2D eigenvalue weighted by Gasteiger charge is 2.44. The largest absolute Gasteiger partial charge is 0.490 e. The summed E-state index contributed by atoms with van der Waals surface area (Å²) in [6, 6.07) is 7.89. The van der Waals surface area contributed by atoms with E-state index in [0.29, 0.717) is 30.6 Å². The molecule has 1 aliphatic carbocycles.